The van der Waals surface area contributed by atoms with E-state index in [9.17, 15) is 0 Å². The van der Waals surface area contributed by atoms with Gasteiger partial charge in [-0.1, -0.05) is 12.1 Å². The second-order valence-electron chi connectivity index (χ2n) is 5.33. The third-order valence-corrected chi connectivity index (χ3v) is 3.35. The molecule has 2 rings (SSSR count). The minimum atomic E-state index is -0.219. The van der Waals surface area contributed by atoms with Gasteiger partial charge in [0.1, 0.15) is 0 Å². The van der Waals surface area contributed by atoms with Crippen LogP contribution in [0.5, 0.6) is 0 Å². The molecule has 0 bridgehead atoms. The van der Waals surface area contributed by atoms with Crippen molar-refractivity contribution in [1.82, 2.24) is 15.0 Å². The maximum Gasteiger partial charge on any atom is 0.227 e. The van der Waals surface area contributed by atoms with Gasteiger partial charge in [0.05, 0.1) is 19.3 Å². The normalized spacial score (nSPS) is 19.9. The third-order valence-electron chi connectivity index (χ3n) is 3.35. The number of aromatic nitrogens is 2. The van der Waals surface area contributed by atoms with E-state index in [4.69, 9.17) is 19.7 Å². The zero-order valence-corrected chi connectivity index (χ0v) is 12.2. The smallest absolute Gasteiger partial charge is 0.227 e. The van der Waals surface area contributed by atoms with Crippen LogP contribution in [0.2, 0.25) is 0 Å². The molecule has 2 atom stereocenters. The molecule has 0 aromatic carbocycles. The van der Waals surface area contributed by atoms with Gasteiger partial charge < -0.3 is 19.7 Å². The molecule has 7 nitrogen and oxygen atoms in total. The Morgan fingerprint density at radius 2 is 2.15 bits per heavy atom. The molecule has 2 unspecified atom stereocenters. The predicted octanol–water partition coefficient (Wildman–Crippen LogP) is 0.227. The fraction of sp³-hybridized carbons (Fsp3) is 0.846. The van der Waals surface area contributed by atoms with Gasteiger partial charge >= 0.3 is 0 Å². The van der Waals surface area contributed by atoms with Crippen LogP contribution in [0.4, 0.5) is 0 Å². The highest BCUT2D eigenvalue weighted by Crippen LogP contribution is 2.12. The van der Waals surface area contributed by atoms with E-state index in [0.29, 0.717) is 30.7 Å². The van der Waals surface area contributed by atoms with Crippen molar-refractivity contribution in [3.05, 3.63) is 11.7 Å². The summed E-state index contributed by atoms with van der Waals surface area (Å²) in [5.41, 5.74) is 6.14. The van der Waals surface area contributed by atoms with E-state index in [0.717, 1.165) is 32.8 Å². The van der Waals surface area contributed by atoms with Gasteiger partial charge in [-0.15, -0.1) is 0 Å². The fourth-order valence-corrected chi connectivity index (χ4v) is 2.29. The number of nitrogens with two attached hydrogens (primary N) is 1. The van der Waals surface area contributed by atoms with Crippen LogP contribution in [-0.4, -0.2) is 61.6 Å². The number of hydrogen-bond acceptors (Lipinski definition) is 7. The summed E-state index contributed by atoms with van der Waals surface area (Å²) in [6.07, 6.45) is 0.713. The summed E-state index contributed by atoms with van der Waals surface area (Å²) < 4.78 is 15.7. The topological polar surface area (TPSA) is 86.6 Å². The lowest BCUT2D eigenvalue weighted by Gasteiger charge is -2.27. The van der Waals surface area contributed by atoms with Crippen molar-refractivity contribution in [3.63, 3.8) is 0 Å². The first kappa shape index (κ1) is 15.4. The van der Waals surface area contributed by atoms with E-state index in [1.807, 2.05) is 0 Å². The van der Waals surface area contributed by atoms with Gasteiger partial charge in [-0.25, -0.2) is 0 Å². The lowest BCUT2D eigenvalue weighted by Crippen LogP contribution is -2.40. The monoisotopic (exact) mass is 284 g/mol. The number of methoxy groups -OCH3 is 1. The molecule has 1 fully saturated rings. The highest BCUT2D eigenvalue weighted by atomic mass is 16.5. The summed E-state index contributed by atoms with van der Waals surface area (Å²) in [4.78, 5) is 6.64. The van der Waals surface area contributed by atoms with Crippen LogP contribution in [0, 0.1) is 5.92 Å². The van der Waals surface area contributed by atoms with Gasteiger partial charge in [-0.2, -0.15) is 4.98 Å². The van der Waals surface area contributed by atoms with Crippen LogP contribution in [0.25, 0.3) is 0 Å². The Morgan fingerprint density at radius 1 is 1.40 bits per heavy atom. The second kappa shape index (κ2) is 7.68. The lowest BCUT2D eigenvalue weighted by atomic mass is 10.1. The van der Waals surface area contributed by atoms with E-state index in [-0.39, 0.29) is 6.04 Å². The summed E-state index contributed by atoms with van der Waals surface area (Å²) in [7, 11) is 1.69. The van der Waals surface area contributed by atoms with Crippen LogP contribution in [0.15, 0.2) is 4.52 Å². The summed E-state index contributed by atoms with van der Waals surface area (Å²) in [6, 6.07) is -0.219. The van der Waals surface area contributed by atoms with E-state index >= 15 is 0 Å². The summed E-state index contributed by atoms with van der Waals surface area (Å²) in [5.74, 6) is 1.56. The standard InChI is InChI=1S/C13H24N4O3/c1-10(9-18-2)7-12-15-13(16-20-12)11(14)8-17-3-5-19-6-4-17/h10-11H,3-9,14H2,1-2H3. The lowest BCUT2D eigenvalue weighted by molar-refractivity contribution is 0.0348. The van der Waals surface area contributed by atoms with Gasteiger partial charge in [-0.3, -0.25) is 4.90 Å². The van der Waals surface area contributed by atoms with E-state index in [1.165, 1.54) is 0 Å². The molecular formula is C13H24N4O3. The van der Waals surface area contributed by atoms with Crippen molar-refractivity contribution in [2.45, 2.75) is 19.4 Å². The van der Waals surface area contributed by atoms with Gasteiger partial charge in [0.15, 0.2) is 5.82 Å². The molecule has 1 aromatic heterocycles. The quantitative estimate of drug-likeness (QED) is 0.766. The van der Waals surface area contributed by atoms with Crippen LogP contribution < -0.4 is 5.73 Å². The number of ether oxygens (including phenoxy) is 2. The number of rotatable bonds is 7. The average Bonchev–Trinajstić information content (AvgIpc) is 2.88. The summed E-state index contributed by atoms with van der Waals surface area (Å²) >= 11 is 0. The fourth-order valence-electron chi connectivity index (χ4n) is 2.29. The minimum absolute atomic E-state index is 0.219. The van der Waals surface area contributed by atoms with E-state index < -0.39 is 0 Å². The molecule has 1 aliphatic rings. The minimum Gasteiger partial charge on any atom is -0.384 e. The zero-order valence-electron chi connectivity index (χ0n) is 12.2. The molecule has 1 saturated heterocycles. The Labute approximate surface area is 119 Å². The Morgan fingerprint density at radius 3 is 2.85 bits per heavy atom. The van der Waals surface area contributed by atoms with Crippen molar-refractivity contribution < 1.29 is 14.0 Å². The maximum atomic E-state index is 6.14. The van der Waals surface area contributed by atoms with Gasteiger partial charge in [-0.05, 0) is 5.92 Å². The molecule has 2 N–H and O–H groups in total. The Hall–Kier alpha value is -1.02. The van der Waals surface area contributed by atoms with Gasteiger partial charge in [0.25, 0.3) is 0 Å². The number of nitrogens with zero attached hydrogens (tertiary/aromatic N) is 3. The molecule has 2 heterocycles. The Balaban J connectivity index is 1.83. The molecule has 0 radical (unpaired) electrons. The molecule has 0 saturated carbocycles. The first-order valence-electron chi connectivity index (χ1n) is 7.06. The molecule has 20 heavy (non-hydrogen) atoms. The Kier molecular flexibility index (Phi) is 5.90. The van der Waals surface area contributed by atoms with Crippen molar-refractivity contribution in [1.29, 1.82) is 0 Å². The third kappa shape index (κ3) is 4.52. The van der Waals surface area contributed by atoms with Gasteiger partial charge in [0.2, 0.25) is 5.89 Å². The predicted molar refractivity (Wildman–Crippen MR) is 73.2 cm³/mol. The molecule has 1 aliphatic heterocycles. The van der Waals surface area contributed by atoms with Crippen molar-refractivity contribution in [2.75, 3.05) is 46.6 Å². The molecule has 0 spiro atoms. The first-order chi connectivity index (χ1) is 9.69. The maximum absolute atomic E-state index is 6.14. The number of hydrogen-bond donors (Lipinski definition) is 1. The van der Waals surface area contributed by atoms with Crippen molar-refractivity contribution in [2.24, 2.45) is 11.7 Å². The van der Waals surface area contributed by atoms with Crippen molar-refractivity contribution in [3.8, 4) is 0 Å². The van der Waals surface area contributed by atoms with E-state index in [2.05, 4.69) is 22.0 Å². The number of morpholine rings is 1. The molecule has 114 valence electrons. The van der Waals surface area contributed by atoms with Crippen molar-refractivity contribution >= 4 is 0 Å². The first-order valence-corrected chi connectivity index (χ1v) is 7.06. The van der Waals surface area contributed by atoms with Gasteiger partial charge in [0, 0.05) is 39.8 Å². The largest absolute Gasteiger partial charge is 0.384 e. The van der Waals surface area contributed by atoms with Crippen LogP contribution in [-0.2, 0) is 15.9 Å². The van der Waals surface area contributed by atoms with Crippen LogP contribution >= 0.6 is 0 Å². The highest BCUT2D eigenvalue weighted by Gasteiger charge is 2.20. The zero-order chi connectivity index (χ0) is 14.4. The Bertz CT molecular complexity index is 393. The highest BCUT2D eigenvalue weighted by molar-refractivity contribution is 4.95. The van der Waals surface area contributed by atoms with Crippen LogP contribution in [0.3, 0.4) is 0 Å². The summed E-state index contributed by atoms with van der Waals surface area (Å²) in [5, 5.41) is 3.98. The van der Waals surface area contributed by atoms with Crippen LogP contribution in [0.1, 0.15) is 24.7 Å². The molecule has 7 heteroatoms. The van der Waals surface area contributed by atoms with E-state index in [1.54, 1.807) is 7.11 Å². The molecule has 0 aliphatic carbocycles. The molecular weight excluding hydrogens is 260 g/mol. The average molecular weight is 284 g/mol. The molecule has 0 amide bonds. The summed E-state index contributed by atoms with van der Waals surface area (Å²) in [6.45, 7) is 6.83. The second-order valence-corrected chi connectivity index (χ2v) is 5.33. The molecule has 1 aromatic rings. The SMILES string of the molecule is COCC(C)Cc1nc(C(N)CN2CCOCC2)no1.